The van der Waals surface area contributed by atoms with E-state index in [-0.39, 0.29) is 5.41 Å². The fourth-order valence-electron chi connectivity index (χ4n) is 8.44. The monoisotopic (exact) mass is 707 g/mol. The Bertz CT molecular complexity index is 3070. The van der Waals surface area contributed by atoms with Gasteiger partial charge in [-0.1, -0.05) is 135 Å². The zero-order valence-corrected chi connectivity index (χ0v) is 30.2. The largest absolute Gasteiger partial charge is 0.436 e. The van der Waals surface area contributed by atoms with E-state index in [1.54, 1.807) is 0 Å². The summed E-state index contributed by atoms with van der Waals surface area (Å²) in [6, 6.07) is 56.7. The molecule has 0 radical (unpaired) electrons. The highest BCUT2D eigenvalue weighted by molar-refractivity contribution is 6.09. The molecule has 10 aromatic rings. The average Bonchev–Trinajstić information content (AvgIpc) is 3.90. The molecule has 0 saturated carbocycles. The zero-order chi connectivity index (χ0) is 36.7. The second-order valence-electron chi connectivity index (χ2n) is 14.7. The molecule has 7 aromatic carbocycles. The maximum absolute atomic E-state index is 6.54. The van der Waals surface area contributed by atoms with Crippen LogP contribution in [0.25, 0.3) is 95.3 Å². The molecule has 260 valence electrons. The molecule has 0 N–H and O–H groups in total. The summed E-state index contributed by atoms with van der Waals surface area (Å²) in [5, 5.41) is 2.32. The first-order valence-electron chi connectivity index (χ1n) is 18.6. The van der Waals surface area contributed by atoms with E-state index in [9.17, 15) is 0 Å². The molecule has 1 aliphatic rings. The minimum absolute atomic E-state index is 0.304. The maximum Gasteiger partial charge on any atom is 0.238 e. The van der Waals surface area contributed by atoms with Crippen LogP contribution in [0.2, 0.25) is 0 Å². The lowest BCUT2D eigenvalue weighted by Crippen LogP contribution is -2.15. The number of benzene rings is 7. The average molecular weight is 708 g/mol. The highest BCUT2D eigenvalue weighted by atomic mass is 16.3. The van der Waals surface area contributed by atoms with Crippen LogP contribution in [0, 0.1) is 0 Å². The lowest BCUT2D eigenvalue weighted by Gasteiger charge is -2.22. The van der Waals surface area contributed by atoms with Crippen LogP contribution in [0.1, 0.15) is 25.0 Å². The van der Waals surface area contributed by atoms with Gasteiger partial charge in [-0.25, -0.2) is 9.97 Å². The maximum atomic E-state index is 6.54. The highest BCUT2D eigenvalue weighted by Gasteiger charge is 2.39. The number of aromatic nitrogens is 5. The van der Waals surface area contributed by atoms with Crippen molar-refractivity contribution >= 4 is 32.9 Å². The molecule has 6 nitrogen and oxygen atoms in total. The lowest BCUT2D eigenvalue weighted by atomic mass is 9.81. The number of nitrogens with zero attached hydrogens (tertiary/aromatic N) is 5. The van der Waals surface area contributed by atoms with Crippen LogP contribution < -0.4 is 0 Å². The number of hydrogen-bond acceptors (Lipinski definition) is 5. The molecule has 0 atom stereocenters. The van der Waals surface area contributed by atoms with Gasteiger partial charge in [-0.15, -0.1) is 0 Å². The Kier molecular flexibility index (Phi) is 6.79. The van der Waals surface area contributed by atoms with Crippen molar-refractivity contribution in [3.05, 3.63) is 175 Å². The van der Waals surface area contributed by atoms with E-state index < -0.39 is 0 Å². The summed E-state index contributed by atoms with van der Waals surface area (Å²) in [7, 11) is 0. The molecule has 0 aliphatic heterocycles. The molecule has 0 amide bonds. The van der Waals surface area contributed by atoms with Crippen LogP contribution in [0.5, 0.6) is 0 Å². The quantitative estimate of drug-likeness (QED) is 0.178. The summed E-state index contributed by atoms with van der Waals surface area (Å²) in [5.41, 5.74) is 13.4. The van der Waals surface area contributed by atoms with Crippen LogP contribution in [0.4, 0.5) is 0 Å². The molecular weight excluding hydrogens is 675 g/mol. The minimum atomic E-state index is -0.304. The zero-order valence-electron chi connectivity index (χ0n) is 30.2. The summed E-state index contributed by atoms with van der Waals surface area (Å²) >= 11 is 0. The summed E-state index contributed by atoms with van der Waals surface area (Å²) in [5.74, 6) is 2.46. The van der Waals surface area contributed by atoms with Crippen molar-refractivity contribution < 1.29 is 4.42 Å². The highest BCUT2D eigenvalue weighted by Crippen LogP contribution is 2.52. The van der Waals surface area contributed by atoms with Crippen LogP contribution in [0.3, 0.4) is 0 Å². The van der Waals surface area contributed by atoms with E-state index in [0.29, 0.717) is 23.5 Å². The molecule has 0 spiro atoms. The van der Waals surface area contributed by atoms with Crippen LogP contribution in [-0.4, -0.2) is 24.5 Å². The molecule has 0 bridgehead atoms. The van der Waals surface area contributed by atoms with Crippen LogP contribution >= 0.6 is 0 Å². The van der Waals surface area contributed by atoms with Crippen LogP contribution in [-0.2, 0) is 5.41 Å². The van der Waals surface area contributed by atoms with E-state index in [1.807, 2.05) is 60.7 Å². The van der Waals surface area contributed by atoms with Gasteiger partial charge in [0.2, 0.25) is 11.8 Å². The third-order valence-electron chi connectivity index (χ3n) is 11.1. The van der Waals surface area contributed by atoms with Gasteiger partial charge < -0.3 is 4.42 Å². The Morgan fingerprint density at radius 3 is 1.78 bits per heavy atom. The van der Waals surface area contributed by atoms with E-state index in [2.05, 4.69) is 122 Å². The Hall–Kier alpha value is -7.18. The van der Waals surface area contributed by atoms with Gasteiger partial charge >= 0.3 is 0 Å². The smallest absolute Gasteiger partial charge is 0.238 e. The van der Waals surface area contributed by atoms with Gasteiger partial charge in [-0.3, -0.25) is 4.57 Å². The third kappa shape index (κ3) is 4.88. The van der Waals surface area contributed by atoms with E-state index in [0.717, 1.165) is 60.7 Å². The Morgan fingerprint density at radius 2 is 1.05 bits per heavy atom. The normalized spacial score (nSPS) is 13.1. The number of para-hydroxylation sites is 2. The van der Waals surface area contributed by atoms with Gasteiger partial charge in [-0.05, 0) is 70.3 Å². The van der Waals surface area contributed by atoms with Crippen molar-refractivity contribution in [2.75, 3.05) is 0 Å². The molecule has 0 saturated heterocycles. The van der Waals surface area contributed by atoms with Gasteiger partial charge in [0.1, 0.15) is 5.52 Å². The fourth-order valence-corrected chi connectivity index (χ4v) is 8.44. The van der Waals surface area contributed by atoms with Crippen molar-refractivity contribution in [2.45, 2.75) is 19.3 Å². The Balaban J connectivity index is 1.03. The van der Waals surface area contributed by atoms with E-state index in [4.69, 9.17) is 24.4 Å². The summed E-state index contributed by atoms with van der Waals surface area (Å²) in [6.07, 6.45) is 0. The topological polar surface area (TPSA) is 69.6 Å². The van der Waals surface area contributed by atoms with Crippen molar-refractivity contribution in [1.82, 2.24) is 24.5 Å². The molecule has 0 fully saturated rings. The lowest BCUT2D eigenvalue weighted by molar-refractivity contribution is 0.593. The molecular formula is C49H33N5O. The first kappa shape index (κ1) is 31.4. The standard InChI is InChI=1S/C49H33N5O/c1-49(2)39-29-33(24-25-35(39)38-26-27-40-44(43(38)49)55-47(50-40)31-16-7-4-8-17-31)32-18-13-19-34(28-32)46-51-45(30-14-5-3-6-15-30)52-48(53-46)54-41-22-11-9-20-36(41)37-21-10-12-23-42(37)54/h3-29H,1-2H3. The van der Waals surface area contributed by atoms with Crippen molar-refractivity contribution in [2.24, 2.45) is 0 Å². The van der Waals surface area contributed by atoms with Gasteiger partial charge in [0.05, 0.1) is 11.0 Å². The number of rotatable bonds is 5. The molecule has 3 heterocycles. The molecule has 3 aromatic heterocycles. The Labute approximate surface area is 317 Å². The number of oxazole rings is 1. The Morgan fingerprint density at radius 1 is 0.473 bits per heavy atom. The second kappa shape index (κ2) is 11.9. The summed E-state index contributed by atoms with van der Waals surface area (Å²) in [4.78, 5) is 20.3. The van der Waals surface area contributed by atoms with E-state index >= 15 is 0 Å². The minimum Gasteiger partial charge on any atom is -0.436 e. The number of fused-ring (bicyclic) bond motifs is 8. The third-order valence-corrected chi connectivity index (χ3v) is 11.1. The summed E-state index contributed by atoms with van der Waals surface area (Å²) in [6.45, 7) is 4.57. The molecule has 1 aliphatic carbocycles. The fraction of sp³-hybridized carbons (Fsp3) is 0.0612. The second-order valence-corrected chi connectivity index (χ2v) is 14.7. The van der Waals surface area contributed by atoms with Crippen molar-refractivity contribution in [3.8, 4) is 62.4 Å². The van der Waals surface area contributed by atoms with Gasteiger partial charge in [0, 0.05) is 38.4 Å². The predicted molar refractivity (Wildman–Crippen MR) is 221 cm³/mol. The van der Waals surface area contributed by atoms with Gasteiger partial charge in [0.15, 0.2) is 17.2 Å². The molecule has 11 rings (SSSR count). The van der Waals surface area contributed by atoms with E-state index in [1.165, 1.54) is 22.3 Å². The van der Waals surface area contributed by atoms with Crippen molar-refractivity contribution in [1.29, 1.82) is 0 Å². The first-order chi connectivity index (χ1) is 27.0. The van der Waals surface area contributed by atoms with Crippen LogP contribution in [0.15, 0.2) is 168 Å². The summed E-state index contributed by atoms with van der Waals surface area (Å²) < 4.78 is 8.69. The van der Waals surface area contributed by atoms with Gasteiger partial charge in [-0.2, -0.15) is 9.97 Å². The molecule has 55 heavy (non-hydrogen) atoms. The molecule has 0 unspecified atom stereocenters. The molecule has 6 heteroatoms. The number of hydrogen-bond donors (Lipinski definition) is 0. The first-order valence-corrected chi connectivity index (χ1v) is 18.6. The van der Waals surface area contributed by atoms with Gasteiger partial charge in [0.25, 0.3) is 0 Å². The van der Waals surface area contributed by atoms with Crippen molar-refractivity contribution in [3.63, 3.8) is 0 Å². The predicted octanol–water partition coefficient (Wildman–Crippen LogP) is 12.1. The SMILES string of the molecule is CC1(C)c2cc(-c3cccc(-c4nc(-c5ccccc5)nc(-n5c6ccccc6c6ccccc65)n4)c3)ccc2-c2ccc3nc(-c4ccccc4)oc3c21.